The number of hydrogen-bond donors (Lipinski definition) is 0. The molecule has 0 aromatic rings. The van der Waals surface area contributed by atoms with Gasteiger partial charge in [0.25, 0.3) is 0 Å². The van der Waals surface area contributed by atoms with Gasteiger partial charge in [0.2, 0.25) is 0 Å². The summed E-state index contributed by atoms with van der Waals surface area (Å²) >= 11 is 0. The molecular weight excluding hydrogens is 284 g/mol. The molecular formula is C17H34O5. The number of hydrogen-bond acceptors (Lipinski definition) is 5. The van der Waals surface area contributed by atoms with E-state index in [9.17, 15) is 4.79 Å². The minimum Gasteiger partial charge on any atom is -0.465 e. The van der Waals surface area contributed by atoms with Crippen LogP contribution in [0.15, 0.2) is 0 Å². The van der Waals surface area contributed by atoms with Crippen LogP contribution >= 0.6 is 0 Å². The van der Waals surface area contributed by atoms with Gasteiger partial charge in [-0.1, -0.05) is 19.8 Å². The standard InChI is InChI=1S/C17H34O5/c1-4-5-11-21-12-8-6-7-9-17(18)22-15-16(14-20-3)10-13-19-2/h16H,4-15H2,1-3H3. The minimum absolute atomic E-state index is 0.120. The van der Waals surface area contributed by atoms with E-state index in [4.69, 9.17) is 18.9 Å². The minimum atomic E-state index is -0.120. The van der Waals surface area contributed by atoms with Crippen LogP contribution in [0.4, 0.5) is 0 Å². The van der Waals surface area contributed by atoms with Crippen molar-refractivity contribution >= 4 is 5.97 Å². The van der Waals surface area contributed by atoms with Gasteiger partial charge in [-0.25, -0.2) is 0 Å². The molecule has 1 unspecified atom stereocenters. The molecule has 0 aromatic heterocycles. The number of methoxy groups -OCH3 is 2. The predicted molar refractivity (Wildman–Crippen MR) is 87.0 cm³/mol. The summed E-state index contributed by atoms with van der Waals surface area (Å²) in [4.78, 5) is 11.7. The lowest BCUT2D eigenvalue weighted by Crippen LogP contribution is -2.19. The highest BCUT2D eigenvalue weighted by Crippen LogP contribution is 2.07. The molecule has 0 heterocycles. The van der Waals surface area contributed by atoms with Crippen LogP contribution in [0.25, 0.3) is 0 Å². The Morgan fingerprint density at radius 3 is 2.36 bits per heavy atom. The molecule has 0 aliphatic heterocycles. The Morgan fingerprint density at radius 1 is 0.909 bits per heavy atom. The second-order valence-corrected chi connectivity index (χ2v) is 5.56. The quantitative estimate of drug-likeness (QED) is 0.323. The van der Waals surface area contributed by atoms with Crippen molar-refractivity contribution in [3.05, 3.63) is 0 Å². The summed E-state index contributed by atoms with van der Waals surface area (Å²) in [5.74, 6) is 0.0892. The molecule has 5 nitrogen and oxygen atoms in total. The van der Waals surface area contributed by atoms with Crippen molar-refractivity contribution in [2.45, 2.75) is 51.9 Å². The monoisotopic (exact) mass is 318 g/mol. The third kappa shape index (κ3) is 14.3. The molecule has 0 saturated heterocycles. The summed E-state index contributed by atoms with van der Waals surface area (Å²) in [6.07, 6.45) is 6.50. The molecule has 0 N–H and O–H groups in total. The van der Waals surface area contributed by atoms with Crippen LogP contribution in [0, 0.1) is 5.92 Å². The molecule has 0 aromatic carbocycles. The van der Waals surface area contributed by atoms with Crippen LogP contribution < -0.4 is 0 Å². The van der Waals surface area contributed by atoms with Gasteiger partial charge in [-0.15, -0.1) is 0 Å². The van der Waals surface area contributed by atoms with E-state index in [0.29, 0.717) is 26.2 Å². The van der Waals surface area contributed by atoms with E-state index in [0.717, 1.165) is 45.3 Å². The van der Waals surface area contributed by atoms with Gasteiger partial charge in [0, 0.05) is 46.4 Å². The topological polar surface area (TPSA) is 54.0 Å². The normalized spacial score (nSPS) is 12.3. The Balaban J connectivity index is 3.50. The van der Waals surface area contributed by atoms with E-state index in [-0.39, 0.29) is 11.9 Å². The average molecular weight is 318 g/mol. The Morgan fingerprint density at radius 2 is 1.68 bits per heavy atom. The molecule has 0 radical (unpaired) electrons. The van der Waals surface area contributed by atoms with E-state index >= 15 is 0 Å². The highest BCUT2D eigenvalue weighted by molar-refractivity contribution is 5.69. The van der Waals surface area contributed by atoms with Crippen LogP contribution in [0.5, 0.6) is 0 Å². The average Bonchev–Trinajstić information content (AvgIpc) is 2.52. The van der Waals surface area contributed by atoms with Crippen molar-refractivity contribution in [1.29, 1.82) is 0 Å². The Hall–Kier alpha value is -0.650. The maximum atomic E-state index is 11.7. The fraction of sp³-hybridized carbons (Fsp3) is 0.941. The van der Waals surface area contributed by atoms with E-state index in [1.54, 1.807) is 14.2 Å². The van der Waals surface area contributed by atoms with Gasteiger partial charge in [0.1, 0.15) is 0 Å². The number of carbonyl (C=O) groups is 1. The first kappa shape index (κ1) is 21.4. The van der Waals surface area contributed by atoms with Crippen LogP contribution in [-0.4, -0.2) is 53.2 Å². The van der Waals surface area contributed by atoms with Crippen molar-refractivity contribution in [1.82, 2.24) is 0 Å². The Bertz CT molecular complexity index is 245. The lowest BCUT2D eigenvalue weighted by atomic mass is 10.1. The van der Waals surface area contributed by atoms with Crippen LogP contribution in [-0.2, 0) is 23.7 Å². The smallest absolute Gasteiger partial charge is 0.305 e. The zero-order chi connectivity index (χ0) is 16.5. The predicted octanol–water partition coefficient (Wildman–Crippen LogP) is 3.21. The van der Waals surface area contributed by atoms with E-state index < -0.39 is 0 Å². The zero-order valence-electron chi connectivity index (χ0n) is 14.6. The lowest BCUT2D eigenvalue weighted by Gasteiger charge is -2.15. The largest absolute Gasteiger partial charge is 0.465 e. The number of unbranched alkanes of at least 4 members (excludes halogenated alkanes) is 3. The van der Waals surface area contributed by atoms with E-state index in [1.807, 2.05) is 0 Å². The third-order valence-electron chi connectivity index (χ3n) is 3.42. The second kappa shape index (κ2) is 16.7. The van der Waals surface area contributed by atoms with Crippen molar-refractivity contribution in [2.24, 2.45) is 5.92 Å². The maximum absolute atomic E-state index is 11.7. The van der Waals surface area contributed by atoms with Crippen molar-refractivity contribution in [2.75, 3.05) is 47.3 Å². The molecule has 0 aliphatic carbocycles. The number of carbonyl (C=O) groups excluding carboxylic acids is 1. The summed E-state index contributed by atoms with van der Waals surface area (Å²) in [7, 11) is 3.33. The lowest BCUT2D eigenvalue weighted by molar-refractivity contribution is -0.145. The Labute approximate surface area is 135 Å². The molecule has 0 spiro atoms. The molecule has 0 rings (SSSR count). The summed E-state index contributed by atoms with van der Waals surface area (Å²) in [5, 5.41) is 0. The van der Waals surface area contributed by atoms with Gasteiger partial charge in [-0.05, 0) is 25.7 Å². The van der Waals surface area contributed by atoms with Crippen molar-refractivity contribution in [3.8, 4) is 0 Å². The summed E-state index contributed by atoms with van der Waals surface area (Å²) < 4.78 is 21.0. The first-order chi connectivity index (χ1) is 10.7. The van der Waals surface area contributed by atoms with Gasteiger partial charge in [-0.2, -0.15) is 0 Å². The highest BCUT2D eigenvalue weighted by Gasteiger charge is 2.11. The summed E-state index contributed by atoms with van der Waals surface area (Å²) in [6, 6.07) is 0. The highest BCUT2D eigenvalue weighted by atomic mass is 16.5. The summed E-state index contributed by atoms with van der Waals surface area (Å²) in [6.45, 7) is 5.45. The molecule has 0 bridgehead atoms. The molecule has 0 amide bonds. The first-order valence-electron chi connectivity index (χ1n) is 8.45. The Kier molecular flexibility index (Phi) is 16.2. The van der Waals surface area contributed by atoms with E-state index in [1.165, 1.54) is 6.42 Å². The molecule has 22 heavy (non-hydrogen) atoms. The van der Waals surface area contributed by atoms with Crippen LogP contribution in [0.3, 0.4) is 0 Å². The van der Waals surface area contributed by atoms with Crippen molar-refractivity contribution < 1.29 is 23.7 Å². The van der Waals surface area contributed by atoms with E-state index in [2.05, 4.69) is 6.92 Å². The van der Waals surface area contributed by atoms with Crippen LogP contribution in [0.2, 0.25) is 0 Å². The first-order valence-corrected chi connectivity index (χ1v) is 8.45. The van der Waals surface area contributed by atoms with Gasteiger partial charge < -0.3 is 18.9 Å². The molecule has 0 aliphatic rings. The fourth-order valence-electron chi connectivity index (χ4n) is 2.02. The molecule has 0 saturated carbocycles. The van der Waals surface area contributed by atoms with Crippen molar-refractivity contribution in [3.63, 3.8) is 0 Å². The number of esters is 1. The SMILES string of the molecule is CCCCOCCCCCC(=O)OCC(CCOC)COC. The molecule has 132 valence electrons. The molecule has 1 atom stereocenters. The van der Waals surface area contributed by atoms with Gasteiger partial charge in [0.15, 0.2) is 0 Å². The second-order valence-electron chi connectivity index (χ2n) is 5.56. The fourth-order valence-corrected chi connectivity index (χ4v) is 2.02. The number of ether oxygens (including phenoxy) is 4. The maximum Gasteiger partial charge on any atom is 0.305 e. The molecule has 5 heteroatoms. The van der Waals surface area contributed by atoms with Gasteiger partial charge in [0.05, 0.1) is 13.2 Å². The molecule has 0 fully saturated rings. The summed E-state index contributed by atoms with van der Waals surface area (Å²) in [5.41, 5.74) is 0. The van der Waals surface area contributed by atoms with Gasteiger partial charge >= 0.3 is 5.97 Å². The van der Waals surface area contributed by atoms with Crippen LogP contribution in [0.1, 0.15) is 51.9 Å². The third-order valence-corrected chi connectivity index (χ3v) is 3.42. The number of rotatable bonds is 16. The zero-order valence-corrected chi connectivity index (χ0v) is 14.6. The van der Waals surface area contributed by atoms with Gasteiger partial charge in [-0.3, -0.25) is 4.79 Å².